The minimum atomic E-state index is -1.26. The number of rotatable bonds is 7. The molecule has 0 fully saturated rings. The first-order valence-electron chi connectivity index (χ1n) is 9.54. The van der Waals surface area contributed by atoms with Crippen molar-refractivity contribution in [2.45, 2.75) is 12.8 Å². The smallest absolute Gasteiger partial charge is 0.328 e. The normalized spacial score (nSPS) is 10.5. The van der Waals surface area contributed by atoms with E-state index in [1.165, 1.54) is 32.0 Å². The molecular weight excluding hydrogens is 512 g/mol. The van der Waals surface area contributed by atoms with Crippen molar-refractivity contribution in [3.8, 4) is 0 Å². The molecule has 162 valence electrons. The van der Waals surface area contributed by atoms with E-state index in [-0.39, 0.29) is 5.82 Å². The van der Waals surface area contributed by atoms with E-state index in [0.717, 1.165) is 25.1 Å². The first-order valence-corrected chi connectivity index (χ1v) is 10.6. The van der Waals surface area contributed by atoms with Gasteiger partial charge < -0.3 is 15.1 Å². The van der Waals surface area contributed by atoms with Gasteiger partial charge in [-0.1, -0.05) is 24.3 Å². The van der Waals surface area contributed by atoms with Gasteiger partial charge in [0.05, 0.1) is 0 Å². The van der Waals surface area contributed by atoms with E-state index in [1.807, 2.05) is 12.1 Å². The molecule has 0 aliphatic rings. The van der Waals surface area contributed by atoms with Crippen LogP contribution in [0.25, 0.3) is 10.8 Å². The third-order valence-corrected chi connectivity index (χ3v) is 5.18. The van der Waals surface area contributed by atoms with Crippen molar-refractivity contribution >= 4 is 51.0 Å². The van der Waals surface area contributed by atoms with Gasteiger partial charge in [0.1, 0.15) is 5.82 Å². The van der Waals surface area contributed by atoms with E-state index >= 15 is 0 Å². The van der Waals surface area contributed by atoms with Gasteiger partial charge in [-0.05, 0) is 88.2 Å². The van der Waals surface area contributed by atoms with Crippen LogP contribution in [0.5, 0.6) is 0 Å². The summed E-state index contributed by atoms with van der Waals surface area (Å²) in [5.41, 5.74) is 2.45. The number of anilines is 1. The Bertz CT molecular complexity index is 1050. The van der Waals surface area contributed by atoms with Gasteiger partial charge >= 0.3 is 11.9 Å². The fourth-order valence-corrected chi connectivity index (χ4v) is 3.53. The van der Waals surface area contributed by atoms with Crippen molar-refractivity contribution in [3.63, 3.8) is 0 Å². The minimum absolute atomic E-state index is 0.187. The van der Waals surface area contributed by atoms with Gasteiger partial charge in [-0.2, -0.15) is 0 Å². The van der Waals surface area contributed by atoms with Crippen LogP contribution in [0.1, 0.15) is 12.0 Å². The number of carboxylic acid groups (broad SMARTS) is 2. The zero-order chi connectivity index (χ0) is 22.8. The molecule has 0 radical (unpaired) electrons. The Morgan fingerprint density at radius 2 is 1.65 bits per heavy atom. The Morgan fingerprint density at radius 1 is 1.00 bits per heavy atom. The highest BCUT2D eigenvalue weighted by atomic mass is 127. The largest absolute Gasteiger partial charge is 0.478 e. The van der Waals surface area contributed by atoms with E-state index < -0.39 is 11.9 Å². The van der Waals surface area contributed by atoms with Crippen LogP contribution in [-0.2, 0) is 16.0 Å². The molecule has 0 aliphatic heterocycles. The van der Waals surface area contributed by atoms with Gasteiger partial charge in [-0.3, -0.25) is 0 Å². The molecule has 0 saturated carbocycles. The highest BCUT2D eigenvalue weighted by molar-refractivity contribution is 14.1. The molecular formula is C24H23FINO4. The second-order valence-electron chi connectivity index (χ2n) is 6.79. The molecule has 7 heteroatoms. The first-order chi connectivity index (χ1) is 14.8. The summed E-state index contributed by atoms with van der Waals surface area (Å²) in [7, 11) is 2.05. The second-order valence-corrected chi connectivity index (χ2v) is 8.04. The van der Waals surface area contributed by atoms with Crippen LogP contribution in [0.3, 0.4) is 0 Å². The van der Waals surface area contributed by atoms with Gasteiger partial charge in [0.2, 0.25) is 0 Å². The highest BCUT2D eigenvalue weighted by Crippen LogP contribution is 2.22. The Balaban J connectivity index is 0.000000366. The SMILES string of the molecule is CN(CCCc1cccc2cc(I)ccc12)c1ccc(F)cc1.O=C(O)C=CC(=O)O. The van der Waals surface area contributed by atoms with Crippen molar-refractivity contribution in [1.29, 1.82) is 0 Å². The summed E-state index contributed by atoms with van der Waals surface area (Å²) in [6.45, 7) is 0.951. The highest BCUT2D eigenvalue weighted by Gasteiger charge is 2.04. The van der Waals surface area contributed by atoms with Crippen LogP contribution >= 0.6 is 22.6 Å². The van der Waals surface area contributed by atoms with Crippen molar-refractivity contribution in [2.24, 2.45) is 0 Å². The van der Waals surface area contributed by atoms with Crippen molar-refractivity contribution in [1.82, 2.24) is 0 Å². The van der Waals surface area contributed by atoms with E-state index in [4.69, 9.17) is 10.2 Å². The van der Waals surface area contributed by atoms with Gasteiger partial charge in [-0.25, -0.2) is 14.0 Å². The number of hydrogen-bond acceptors (Lipinski definition) is 3. The number of aliphatic carboxylic acids is 2. The average molecular weight is 535 g/mol. The summed E-state index contributed by atoms with van der Waals surface area (Å²) in [6.07, 6.45) is 3.23. The lowest BCUT2D eigenvalue weighted by Gasteiger charge is -2.19. The molecule has 31 heavy (non-hydrogen) atoms. The standard InChI is InChI=1S/C20H19FIN.C4H4O4/c1-23(19-10-7-17(21)8-11-19)13-3-6-15-4-2-5-16-14-18(22)9-12-20(15)16;5-3(6)1-2-4(7)8/h2,4-5,7-12,14H,3,6,13H2,1H3;1-2H,(H,5,6)(H,7,8). The number of aryl methyl sites for hydroxylation is 1. The van der Waals surface area contributed by atoms with Gasteiger partial charge in [0.25, 0.3) is 0 Å². The van der Waals surface area contributed by atoms with Crippen molar-refractivity contribution in [2.75, 3.05) is 18.5 Å². The fraction of sp³-hybridized carbons (Fsp3) is 0.167. The fourth-order valence-electron chi connectivity index (χ4n) is 3.01. The van der Waals surface area contributed by atoms with Crippen LogP contribution in [0.15, 0.2) is 72.8 Å². The lowest BCUT2D eigenvalue weighted by atomic mass is 10.0. The van der Waals surface area contributed by atoms with Crippen molar-refractivity contribution < 1.29 is 24.2 Å². The second kappa shape index (κ2) is 12.0. The Morgan fingerprint density at radius 3 is 2.26 bits per heavy atom. The molecule has 0 aliphatic carbocycles. The zero-order valence-electron chi connectivity index (χ0n) is 17.0. The molecule has 3 aromatic rings. The number of fused-ring (bicyclic) bond motifs is 1. The Kier molecular flexibility index (Phi) is 9.45. The molecule has 0 unspecified atom stereocenters. The summed E-state index contributed by atoms with van der Waals surface area (Å²) >= 11 is 2.35. The molecule has 0 atom stereocenters. The molecule has 3 aromatic carbocycles. The van der Waals surface area contributed by atoms with Crippen LogP contribution in [0.2, 0.25) is 0 Å². The number of hydrogen-bond donors (Lipinski definition) is 2. The van der Waals surface area contributed by atoms with Crippen molar-refractivity contribution in [3.05, 3.63) is 87.8 Å². The van der Waals surface area contributed by atoms with E-state index in [2.05, 4.69) is 70.9 Å². The van der Waals surface area contributed by atoms with E-state index in [0.29, 0.717) is 12.2 Å². The number of carbonyl (C=O) groups is 2. The lowest BCUT2D eigenvalue weighted by Crippen LogP contribution is -2.18. The number of halogens is 2. The molecule has 5 nitrogen and oxygen atoms in total. The number of nitrogens with zero attached hydrogens (tertiary/aromatic N) is 1. The monoisotopic (exact) mass is 535 g/mol. The molecule has 0 bridgehead atoms. The maximum Gasteiger partial charge on any atom is 0.328 e. The van der Waals surface area contributed by atoms with Gasteiger partial charge in [0, 0.05) is 35.0 Å². The predicted molar refractivity (Wildman–Crippen MR) is 129 cm³/mol. The topological polar surface area (TPSA) is 77.8 Å². The van der Waals surface area contributed by atoms with E-state index in [1.54, 1.807) is 0 Å². The molecule has 0 amide bonds. The zero-order valence-corrected chi connectivity index (χ0v) is 19.1. The number of carboxylic acids is 2. The minimum Gasteiger partial charge on any atom is -0.478 e. The van der Waals surface area contributed by atoms with Crippen LogP contribution < -0.4 is 4.90 Å². The summed E-state index contributed by atoms with van der Waals surface area (Å²) in [6, 6.07) is 19.8. The van der Waals surface area contributed by atoms with Crippen LogP contribution in [0.4, 0.5) is 10.1 Å². The molecule has 0 saturated heterocycles. The van der Waals surface area contributed by atoms with E-state index in [9.17, 15) is 14.0 Å². The van der Waals surface area contributed by atoms with Gasteiger partial charge in [-0.15, -0.1) is 0 Å². The quantitative estimate of drug-likeness (QED) is 0.315. The lowest BCUT2D eigenvalue weighted by molar-refractivity contribution is -0.134. The van der Waals surface area contributed by atoms with Crippen LogP contribution in [0, 0.1) is 9.39 Å². The Hall–Kier alpha value is -2.94. The summed E-state index contributed by atoms with van der Waals surface area (Å²) < 4.78 is 14.2. The summed E-state index contributed by atoms with van der Waals surface area (Å²) in [5.74, 6) is -2.70. The number of benzene rings is 3. The first kappa shape index (κ1) is 24.3. The molecule has 2 N–H and O–H groups in total. The maximum atomic E-state index is 13.0. The molecule has 0 spiro atoms. The average Bonchev–Trinajstić information content (AvgIpc) is 2.73. The molecule has 3 rings (SSSR count). The summed E-state index contributed by atoms with van der Waals surface area (Å²) in [5, 5.41) is 18.3. The summed E-state index contributed by atoms with van der Waals surface area (Å²) in [4.78, 5) is 21.3. The third kappa shape index (κ3) is 8.37. The maximum absolute atomic E-state index is 13.0. The predicted octanol–water partition coefficient (Wildman–Crippen LogP) is 5.36. The Labute approximate surface area is 194 Å². The van der Waals surface area contributed by atoms with Gasteiger partial charge in [0.15, 0.2) is 0 Å². The molecule has 0 heterocycles. The van der Waals surface area contributed by atoms with Crippen LogP contribution in [-0.4, -0.2) is 35.7 Å². The third-order valence-electron chi connectivity index (χ3n) is 4.51. The molecule has 0 aromatic heterocycles.